The van der Waals surface area contributed by atoms with Crippen LogP contribution in [0.2, 0.25) is 0 Å². The summed E-state index contributed by atoms with van der Waals surface area (Å²) >= 11 is 1.79. The Balaban J connectivity index is 1.61. The fourth-order valence-corrected chi connectivity index (χ4v) is 4.76. The molecule has 0 bridgehead atoms. The van der Waals surface area contributed by atoms with E-state index in [1.807, 2.05) is 18.5 Å². The summed E-state index contributed by atoms with van der Waals surface area (Å²) in [5, 5.41) is 1.37. The second-order valence-corrected chi connectivity index (χ2v) is 8.20. The summed E-state index contributed by atoms with van der Waals surface area (Å²) in [4.78, 5) is 11.9. The van der Waals surface area contributed by atoms with Crippen LogP contribution in [0, 0.1) is 0 Å². The first-order valence-electron chi connectivity index (χ1n) is 9.70. The smallest absolute Gasteiger partial charge is 0.0760 e. The number of fused-ring (bicyclic) bond motifs is 3. The SMILES string of the molecule is CSc1ccc(C2c3[nH]c4ccccc4c3CCN2Cc2cccnc2)cc1. The molecule has 1 atom stereocenters. The van der Waals surface area contributed by atoms with Crippen LogP contribution in [-0.2, 0) is 13.0 Å². The van der Waals surface area contributed by atoms with Crippen LogP contribution in [0.1, 0.15) is 28.4 Å². The molecule has 4 heteroatoms. The second kappa shape index (κ2) is 7.46. The van der Waals surface area contributed by atoms with Crippen LogP contribution >= 0.6 is 11.8 Å². The maximum absolute atomic E-state index is 4.31. The Morgan fingerprint density at radius 1 is 1.07 bits per heavy atom. The van der Waals surface area contributed by atoms with E-state index in [-0.39, 0.29) is 6.04 Å². The van der Waals surface area contributed by atoms with Crippen LogP contribution in [-0.4, -0.2) is 27.7 Å². The van der Waals surface area contributed by atoms with E-state index in [0.717, 1.165) is 19.5 Å². The van der Waals surface area contributed by atoms with Gasteiger partial charge in [0.25, 0.3) is 0 Å². The third-order valence-corrected chi connectivity index (χ3v) is 6.42. The lowest BCUT2D eigenvalue weighted by Gasteiger charge is -2.36. The van der Waals surface area contributed by atoms with Crippen molar-refractivity contribution in [3.8, 4) is 0 Å². The molecule has 0 aliphatic carbocycles. The molecule has 0 saturated heterocycles. The number of nitrogens with one attached hydrogen (secondary N) is 1. The highest BCUT2D eigenvalue weighted by Gasteiger charge is 2.31. The van der Waals surface area contributed by atoms with E-state index in [1.54, 1.807) is 11.8 Å². The molecular weight excluding hydrogens is 362 g/mol. The molecule has 28 heavy (non-hydrogen) atoms. The number of nitrogens with zero attached hydrogens (tertiary/aromatic N) is 2. The van der Waals surface area contributed by atoms with E-state index in [2.05, 4.69) is 75.7 Å². The lowest BCUT2D eigenvalue weighted by atomic mass is 9.92. The van der Waals surface area contributed by atoms with Gasteiger partial charge in [-0.1, -0.05) is 36.4 Å². The Morgan fingerprint density at radius 3 is 2.71 bits per heavy atom. The van der Waals surface area contributed by atoms with Crippen molar-refractivity contribution < 1.29 is 0 Å². The molecule has 2 aromatic carbocycles. The molecule has 5 rings (SSSR count). The molecule has 140 valence electrons. The standard InChI is InChI=1S/C24H23N3S/c1-28-19-10-8-18(9-11-19)24-23-21(20-6-2-3-7-22(20)26-23)12-14-27(24)16-17-5-4-13-25-15-17/h2-11,13,15,24,26H,12,14,16H2,1H3. The predicted molar refractivity (Wildman–Crippen MR) is 117 cm³/mol. The molecule has 3 heterocycles. The third kappa shape index (κ3) is 3.13. The number of H-pyrrole nitrogens is 1. The lowest BCUT2D eigenvalue weighted by Crippen LogP contribution is -2.35. The summed E-state index contributed by atoms with van der Waals surface area (Å²) in [6.07, 6.45) is 7.02. The highest BCUT2D eigenvalue weighted by Crippen LogP contribution is 2.39. The van der Waals surface area contributed by atoms with Crippen LogP contribution in [0.5, 0.6) is 0 Å². The summed E-state index contributed by atoms with van der Waals surface area (Å²) in [6, 6.07) is 22.1. The summed E-state index contributed by atoms with van der Waals surface area (Å²) in [6.45, 7) is 1.94. The van der Waals surface area contributed by atoms with E-state index >= 15 is 0 Å². The van der Waals surface area contributed by atoms with E-state index < -0.39 is 0 Å². The maximum atomic E-state index is 4.31. The third-order valence-electron chi connectivity index (χ3n) is 5.67. The molecular formula is C24H23N3S. The highest BCUT2D eigenvalue weighted by molar-refractivity contribution is 7.98. The highest BCUT2D eigenvalue weighted by atomic mass is 32.2. The Labute approximate surface area is 169 Å². The monoisotopic (exact) mass is 385 g/mol. The first kappa shape index (κ1) is 17.5. The van der Waals surface area contributed by atoms with Gasteiger partial charge in [0.05, 0.1) is 6.04 Å². The molecule has 1 aliphatic rings. The number of benzene rings is 2. The fourth-order valence-electron chi connectivity index (χ4n) is 4.35. The van der Waals surface area contributed by atoms with Gasteiger partial charge in [-0.25, -0.2) is 0 Å². The molecule has 1 unspecified atom stereocenters. The van der Waals surface area contributed by atoms with Crippen LogP contribution in [0.15, 0.2) is 78.0 Å². The van der Waals surface area contributed by atoms with Crippen molar-refractivity contribution in [3.63, 3.8) is 0 Å². The normalized spacial score (nSPS) is 17.0. The van der Waals surface area contributed by atoms with Crippen molar-refractivity contribution in [1.29, 1.82) is 0 Å². The average Bonchev–Trinajstić information content (AvgIpc) is 3.13. The minimum atomic E-state index is 0.229. The molecule has 0 amide bonds. The van der Waals surface area contributed by atoms with Gasteiger partial charge in [0, 0.05) is 47.0 Å². The van der Waals surface area contributed by atoms with Crippen molar-refractivity contribution in [1.82, 2.24) is 14.9 Å². The Hall–Kier alpha value is -2.56. The Morgan fingerprint density at radius 2 is 1.93 bits per heavy atom. The van der Waals surface area contributed by atoms with Gasteiger partial charge in [-0.05, 0) is 53.6 Å². The number of hydrogen-bond acceptors (Lipinski definition) is 3. The van der Waals surface area contributed by atoms with Gasteiger partial charge in [-0.2, -0.15) is 0 Å². The first-order chi connectivity index (χ1) is 13.8. The van der Waals surface area contributed by atoms with E-state index in [9.17, 15) is 0 Å². The summed E-state index contributed by atoms with van der Waals surface area (Å²) in [5.74, 6) is 0. The molecule has 0 fully saturated rings. The molecule has 0 spiro atoms. The molecule has 4 aromatic rings. The fraction of sp³-hybridized carbons (Fsp3) is 0.208. The number of aromatic nitrogens is 2. The average molecular weight is 386 g/mol. The molecule has 1 aliphatic heterocycles. The van der Waals surface area contributed by atoms with Crippen molar-refractivity contribution in [2.75, 3.05) is 12.8 Å². The van der Waals surface area contributed by atoms with Crippen molar-refractivity contribution >= 4 is 22.7 Å². The predicted octanol–water partition coefficient (Wildman–Crippen LogP) is 5.43. The molecule has 0 saturated carbocycles. The number of para-hydroxylation sites is 1. The quantitative estimate of drug-likeness (QED) is 0.475. The molecule has 3 nitrogen and oxygen atoms in total. The van der Waals surface area contributed by atoms with E-state index in [4.69, 9.17) is 0 Å². The van der Waals surface area contributed by atoms with Crippen molar-refractivity contribution in [2.24, 2.45) is 0 Å². The Bertz CT molecular complexity index is 1090. The van der Waals surface area contributed by atoms with E-state index in [0.29, 0.717) is 0 Å². The van der Waals surface area contributed by atoms with E-state index in [1.165, 1.54) is 38.2 Å². The van der Waals surface area contributed by atoms with Gasteiger partial charge in [-0.3, -0.25) is 9.88 Å². The molecule has 1 N–H and O–H groups in total. The van der Waals surface area contributed by atoms with Crippen LogP contribution in [0.4, 0.5) is 0 Å². The number of thioether (sulfide) groups is 1. The van der Waals surface area contributed by atoms with Gasteiger partial charge in [0.2, 0.25) is 0 Å². The maximum Gasteiger partial charge on any atom is 0.0760 e. The minimum absolute atomic E-state index is 0.229. The van der Waals surface area contributed by atoms with Crippen LogP contribution in [0.25, 0.3) is 10.9 Å². The Kier molecular flexibility index (Phi) is 4.67. The summed E-state index contributed by atoms with van der Waals surface area (Å²) in [7, 11) is 0. The zero-order valence-electron chi connectivity index (χ0n) is 15.9. The van der Waals surface area contributed by atoms with Gasteiger partial charge in [0.1, 0.15) is 0 Å². The zero-order chi connectivity index (χ0) is 18.9. The molecule has 2 aromatic heterocycles. The summed E-state index contributed by atoms with van der Waals surface area (Å²) < 4.78 is 0. The zero-order valence-corrected chi connectivity index (χ0v) is 16.7. The van der Waals surface area contributed by atoms with Crippen LogP contribution < -0.4 is 0 Å². The van der Waals surface area contributed by atoms with Crippen molar-refractivity contribution in [2.45, 2.75) is 23.9 Å². The minimum Gasteiger partial charge on any atom is -0.357 e. The molecule has 0 radical (unpaired) electrons. The van der Waals surface area contributed by atoms with Gasteiger partial charge in [0.15, 0.2) is 0 Å². The summed E-state index contributed by atoms with van der Waals surface area (Å²) in [5.41, 5.74) is 6.65. The van der Waals surface area contributed by atoms with Gasteiger partial charge >= 0.3 is 0 Å². The topological polar surface area (TPSA) is 31.9 Å². The number of hydrogen-bond donors (Lipinski definition) is 1. The lowest BCUT2D eigenvalue weighted by molar-refractivity contribution is 0.202. The second-order valence-electron chi connectivity index (χ2n) is 7.32. The van der Waals surface area contributed by atoms with Gasteiger partial charge in [-0.15, -0.1) is 11.8 Å². The first-order valence-corrected chi connectivity index (χ1v) is 10.9. The number of rotatable bonds is 4. The number of aromatic amines is 1. The largest absolute Gasteiger partial charge is 0.357 e. The number of pyridine rings is 1. The van der Waals surface area contributed by atoms with Crippen LogP contribution in [0.3, 0.4) is 0 Å². The van der Waals surface area contributed by atoms with Crippen molar-refractivity contribution in [3.05, 3.63) is 95.4 Å². The van der Waals surface area contributed by atoms with Gasteiger partial charge < -0.3 is 4.98 Å².